The van der Waals surface area contributed by atoms with Gasteiger partial charge in [0.1, 0.15) is 0 Å². The molecule has 0 atom stereocenters. The van der Waals surface area contributed by atoms with E-state index in [1.165, 1.54) is 50.3 Å². The Hall–Kier alpha value is -0.900. The highest BCUT2D eigenvalue weighted by Crippen LogP contribution is 2.13. The predicted molar refractivity (Wildman–Crippen MR) is 85.8 cm³/mol. The van der Waals surface area contributed by atoms with Crippen LogP contribution in [0.1, 0.15) is 31.4 Å². The minimum absolute atomic E-state index is 0.999. The molecule has 0 radical (unpaired) electrons. The molecule has 0 bridgehead atoms. The third kappa shape index (κ3) is 4.58. The highest BCUT2D eigenvalue weighted by atomic mass is 15.3. The number of hydrogen-bond acceptors (Lipinski definition) is 3. The number of hydrogen-bond donors (Lipinski definition) is 1. The summed E-state index contributed by atoms with van der Waals surface area (Å²) in [6.45, 7) is 13.7. The highest BCUT2D eigenvalue weighted by molar-refractivity contribution is 5.27. The first-order chi connectivity index (χ1) is 9.83. The van der Waals surface area contributed by atoms with E-state index < -0.39 is 0 Å². The van der Waals surface area contributed by atoms with Crippen LogP contribution in [0.5, 0.6) is 0 Å². The summed E-state index contributed by atoms with van der Waals surface area (Å²) in [5, 5.41) is 3.52. The van der Waals surface area contributed by atoms with E-state index in [0.29, 0.717) is 0 Å². The van der Waals surface area contributed by atoms with Gasteiger partial charge in [0.25, 0.3) is 0 Å². The van der Waals surface area contributed by atoms with E-state index in [2.05, 4.69) is 53.2 Å². The van der Waals surface area contributed by atoms with Crippen LogP contribution in [0.15, 0.2) is 24.3 Å². The molecule has 1 N–H and O–H groups in total. The van der Waals surface area contributed by atoms with Crippen LogP contribution in [-0.2, 0) is 13.1 Å². The van der Waals surface area contributed by atoms with Gasteiger partial charge in [0.2, 0.25) is 0 Å². The molecule has 1 aromatic carbocycles. The third-order valence-corrected chi connectivity index (χ3v) is 4.17. The second-order valence-electron chi connectivity index (χ2n) is 5.66. The van der Waals surface area contributed by atoms with Crippen LogP contribution in [0, 0.1) is 0 Å². The smallest absolute Gasteiger partial charge is 0.0238 e. The van der Waals surface area contributed by atoms with E-state index in [0.717, 1.165) is 19.6 Å². The maximum Gasteiger partial charge on any atom is 0.0238 e. The lowest BCUT2D eigenvalue weighted by molar-refractivity contribution is 0.131. The Kier molecular flexibility index (Phi) is 6.51. The van der Waals surface area contributed by atoms with Gasteiger partial charge in [-0.2, -0.15) is 0 Å². The number of piperazine rings is 1. The minimum atomic E-state index is 0.999. The quantitative estimate of drug-likeness (QED) is 0.771. The summed E-state index contributed by atoms with van der Waals surface area (Å²) in [4.78, 5) is 5.12. The molecule has 0 aromatic heterocycles. The van der Waals surface area contributed by atoms with Crippen molar-refractivity contribution < 1.29 is 0 Å². The standard InChI is InChI=1S/C17H29N3/c1-3-9-18-14-16-7-5-6-8-17(16)15-20-12-10-19(4-2)11-13-20/h5-8,18H,3-4,9-15H2,1-2H3. The lowest BCUT2D eigenvalue weighted by atomic mass is 10.1. The fourth-order valence-corrected chi connectivity index (χ4v) is 2.79. The van der Waals surface area contributed by atoms with Gasteiger partial charge in [-0.05, 0) is 30.6 Å². The van der Waals surface area contributed by atoms with Gasteiger partial charge in [0, 0.05) is 39.3 Å². The summed E-state index contributed by atoms with van der Waals surface area (Å²) in [6.07, 6.45) is 1.20. The molecule has 3 nitrogen and oxygen atoms in total. The topological polar surface area (TPSA) is 18.5 Å². The number of rotatable bonds is 7. The van der Waals surface area contributed by atoms with E-state index in [9.17, 15) is 0 Å². The van der Waals surface area contributed by atoms with Gasteiger partial charge in [0.15, 0.2) is 0 Å². The first-order valence-corrected chi connectivity index (χ1v) is 8.05. The summed E-state index contributed by atoms with van der Waals surface area (Å²) in [7, 11) is 0. The molecule has 3 heteroatoms. The molecule has 2 rings (SSSR count). The second kappa shape index (κ2) is 8.40. The van der Waals surface area contributed by atoms with Gasteiger partial charge in [-0.1, -0.05) is 38.1 Å². The monoisotopic (exact) mass is 275 g/mol. The molecule has 1 aromatic rings. The van der Waals surface area contributed by atoms with E-state index in [1.54, 1.807) is 0 Å². The Morgan fingerprint density at radius 1 is 0.950 bits per heavy atom. The van der Waals surface area contributed by atoms with Crippen molar-refractivity contribution in [1.82, 2.24) is 15.1 Å². The van der Waals surface area contributed by atoms with E-state index in [-0.39, 0.29) is 0 Å². The Bertz CT molecular complexity index is 384. The maximum absolute atomic E-state index is 3.52. The van der Waals surface area contributed by atoms with Crippen LogP contribution in [0.2, 0.25) is 0 Å². The zero-order valence-corrected chi connectivity index (χ0v) is 13.1. The average molecular weight is 275 g/mol. The van der Waals surface area contributed by atoms with Crippen molar-refractivity contribution in [2.75, 3.05) is 39.3 Å². The maximum atomic E-state index is 3.52. The molecule has 1 aliphatic rings. The molecule has 1 aliphatic heterocycles. The third-order valence-electron chi connectivity index (χ3n) is 4.17. The molecule has 1 fully saturated rings. The number of nitrogens with zero attached hydrogens (tertiary/aromatic N) is 2. The minimum Gasteiger partial charge on any atom is -0.313 e. The predicted octanol–water partition coefficient (Wildman–Crippen LogP) is 2.32. The Morgan fingerprint density at radius 2 is 1.60 bits per heavy atom. The van der Waals surface area contributed by atoms with Gasteiger partial charge < -0.3 is 10.2 Å². The van der Waals surface area contributed by atoms with Crippen LogP contribution < -0.4 is 5.32 Å². The fraction of sp³-hybridized carbons (Fsp3) is 0.647. The van der Waals surface area contributed by atoms with E-state index in [1.807, 2.05) is 0 Å². The lowest BCUT2D eigenvalue weighted by Gasteiger charge is -2.34. The van der Waals surface area contributed by atoms with Crippen molar-refractivity contribution in [3.05, 3.63) is 35.4 Å². The van der Waals surface area contributed by atoms with Gasteiger partial charge in [-0.25, -0.2) is 0 Å². The first-order valence-electron chi connectivity index (χ1n) is 8.05. The van der Waals surface area contributed by atoms with Gasteiger partial charge in [-0.3, -0.25) is 4.90 Å². The Morgan fingerprint density at radius 3 is 2.25 bits per heavy atom. The van der Waals surface area contributed by atoms with Crippen LogP contribution in [0.25, 0.3) is 0 Å². The number of likely N-dealkylation sites (N-methyl/N-ethyl adjacent to an activating group) is 1. The second-order valence-corrected chi connectivity index (χ2v) is 5.66. The normalized spacial score (nSPS) is 17.5. The Labute approximate surface area is 124 Å². The fourth-order valence-electron chi connectivity index (χ4n) is 2.79. The lowest BCUT2D eigenvalue weighted by Crippen LogP contribution is -2.45. The zero-order chi connectivity index (χ0) is 14.2. The van der Waals surface area contributed by atoms with Crippen molar-refractivity contribution in [2.24, 2.45) is 0 Å². The molecule has 0 unspecified atom stereocenters. The van der Waals surface area contributed by atoms with Gasteiger partial charge in [-0.15, -0.1) is 0 Å². The SMILES string of the molecule is CCCNCc1ccccc1CN1CCN(CC)CC1. The molecule has 0 aliphatic carbocycles. The molecule has 112 valence electrons. The molecule has 1 heterocycles. The summed E-state index contributed by atoms with van der Waals surface area (Å²) in [5.74, 6) is 0. The van der Waals surface area contributed by atoms with Crippen LogP contribution in [0.4, 0.5) is 0 Å². The summed E-state index contributed by atoms with van der Waals surface area (Å²) >= 11 is 0. The summed E-state index contributed by atoms with van der Waals surface area (Å²) in [6, 6.07) is 8.87. The first kappa shape index (κ1) is 15.5. The molecule has 0 spiro atoms. The number of nitrogens with one attached hydrogen (secondary N) is 1. The van der Waals surface area contributed by atoms with Crippen molar-refractivity contribution in [3.8, 4) is 0 Å². The van der Waals surface area contributed by atoms with Crippen LogP contribution in [0.3, 0.4) is 0 Å². The van der Waals surface area contributed by atoms with Crippen molar-refractivity contribution in [3.63, 3.8) is 0 Å². The van der Waals surface area contributed by atoms with Crippen molar-refractivity contribution >= 4 is 0 Å². The molecule has 20 heavy (non-hydrogen) atoms. The molecular formula is C17H29N3. The largest absolute Gasteiger partial charge is 0.313 e. The summed E-state index contributed by atoms with van der Waals surface area (Å²) < 4.78 is 0. The van der Waals surface area contributed by atoms with Crippen LogP contribution >= 0.6 is 0 Å². The number of benzene rings is 1. The average Bonchev–Trinajstić information content (AvgIpc) is 2.50. The molecule has 0 amide bonds. The zero-order valence-electron chi connectivity index (χ0n) is 13.1. The molecular weight excluding hydrogens is 246 g/mol. The highest BCUT2D eigenvalue weighted by Gasteiger charge is 2.16. The van der Waals surface area contributed by atoms with Gasteiger partial charge in [0.05, 0.1) is 0 Å². The molecule has 1 saturated heterocycles. The van der Waals surface area contributed by atoms with E-state index >= 15 is 0 Å². The summed E-state index contributed by atoms with van der Waals surface area (Å²) in [5.41, 5.74) is 2.94. The molecule has 0 saturated carbocycles. The Balaban J connectivity index is 1.88. The van der Waals surface area contributed by atoms with Crippen molar-refractivity contribution in [2.45, 2.75) is 33.4 Å². The van der Waals surface area contributed by atoms with Gasteiger partial charge >= 0.3 is 0 Å². The van der Waals surface area contributed by atoms with Crippen LogP contribution in [-0.4, -0.2) is 49.1 Å². The van der Waals surface area contributed by atoms with E-state index in [4.69, 9.17) is 0 Å². The van der Waals surface area contributed by atoms with Crippen molar-refractivity contribution in [1.29, 1.82) is 0 Å².